The molecular weight excluding hydrogens is 384 g/mol. The quantitative estimate of drug-likeness (QED) is 0.582. The molecule has 0 spiro atoms. The third-order valence-electron chi connectivity index (χ3n) is 5.79. The molecule has 3 atom stereocenters. The molecule has 4 rings (SSSR count). The summed E-state index contributed by atoms with van der Waals surface area (Å²) in [5.74, 6) is 1.56. The van der Waals surface area contributed by atoms with Gasteiger partial charge in [-0.2, -0.15) is 4.98 Å². The van der Waals surface area contributed by atoms with Crippen molar-refractivity contribution < 1.29 is 5.11 Å². The predicted molar refractivity (Wildman–Crippen MR) is 118 cm³/mol. The summed E-state index contributed by atoms with van der Waals surface area (Å²) in [7, 11) is 0. The van der Waals surface area contributed by atoms with Crippen LogP contribution in [-0.2, 0) is 0 Å². The number of aromatic nitrogens is 4. The summed E-state index contributed by atoms with van der Waals surface area (Å²) in [5.41, 5.74) is 9.49. The molecule has 1 aliphatic rings. The van der Waals surface area contributed by atoms with Crippen molar-refractivity contribution in [2.75, 3.05) is 11.1 Å². The highest BCUT2D eigenvalue weighted by Gasteiger charge is 2.32. The van der Waals surface area contributed by atoms with Gasteiger partial charge in [-0.3, -0.25) is 4.98 Å². The Labute approximate surface area is 174 Å². The van der Waals surface area contributed by atoms with Crippen LogP contribution in [0, 0.1) is 25.7 Å². The van der Waals surface area contributed by atoms with Crippen LogP contribution < -0.4 is 11.1 Å². The molecule has 3 aromatic heterocycles. The smallest absolute Gasteiger partial charge is 0.222 e. The number of fused-ring (bicyclic) bond motifs is 1. The molecule has 29 heavy (non-hydrogen) atoms. The highest BCUT2D eigenvalue weighted by atomic mass is 32.1. The lowest BCUT2D eigenvalue weighted by atomic mass is 9.92. The molecule has 0 aliphatic heterocycles. The Morgan fingerprint density at radius 1 is 1.17 bits per heavy atom. The van der Waals surface area contributed by atoms with Crippen molar-refractivity contribution in [1.82, 2.24) is 19.9 Å². The van der Waals surface area contributed by atoms with Crippen LogP contribution >= 0.6 is 11.3 Å². The Morgan fingerprint density at radius 2 is 1.97 bits per heavy atom. The van der Waals surface area contributed by atoms with Gasteiger partial charge in [0.2, 0.25) is 5.95 Å². The van der Waals surface area contributed by atoms with Crippen molar-refractivity contribution in [3.63, 3.8) is 0 Å². The van der Waals surface area contributed by atoms with Crippen LogP contribution in [0.25, 0.3) is 20.8 Å². The third kappa shape index (κ3) is 3.91. The Balaban J connectivity index is 1.67. The Morgan fingerprint density at radius 3 is 2.69 bits per heavy atom. The second-order valence-electron chi connectivity index (χ2n) is 8.30. The number of hydrogen-bond donors (Lipinski definition) is 3. The van der Waals surface area contributed by atoms with Crippen molar-refractivity contribution >= 4 is 33.3 Å². The van der Waals surface area contributed by atoms with Crippen LogP contribution in [0.2, 0.25) is 0 Å². The fourth-order valence-corrected chi connectivity index (χ4v) is 5.35. The van der Waals surface area contributed by atoms with Crippen molar-refractivity contribution in [2.45, 2.75) is 59.1 Å². The number of aliphatic hydroxyl groups excluding tert-OH is 1. The standard InChI is InChI=1S/C21H28N6OS/c1-10(2)18(28)13-5-6-14(9-13)25-19-16(11(3)24-21(22)27-19)20-26-17-12(4)23-8-7-15(17)29-20/h7-8,10,13-14,18,28H,5-6,9H2,1-4H3,(H3,22,24,25,27). The van der Waals surface area contributed by atoms with Crippen molar-refractivity contribution in [3.8, 4) is 10.6 Å². The van der Waals surface area contributed by atoms with E-state index in [1.165, 1.54) is 0 Å². The fourth-order valence-electron chi connectivity index (χ4n) is 4.24. The fraction of sp³-hybridized carbons (Fsp3) is 0.524. The van der Waals surface area contributed by atoms with Gasteiger partial charge in [0.25, 0.3) is 0 Å². The number of hydrogen-bond acceptors (Lipinski definition) is 8. The van der Waals surface area contributed by atoms with E-state index in [9.17, 15) is 5.11 Å². The van der Waals surface area contributed by atoms with Crippen molar-refractivity contribution in [1.29, 1.82) is 0 Å². The van der Waals surface area contributed by atoms with E-state index in [1.807, 2.05) is 26.1 Å². The highest BCUT2D eigenvalue weighted by molar-refractivity contribution is 7.21. The van der Waals surface area contributed by atoms with Gasteiger partial charge < -0.3 is 16.2 Å². The molecular formula is C21H28N6OS. The molecule has 154 valence electrons. The van der Waals surface area contributed by atoms with E-state index >= 15 is 0 Å². The summed E-state index contributed by atoms with van der Waals surface area (Å²) >= 11 is 1.61. The number of aliphatic hydroxyl groups is 1. The molecule has 1 fully saturated rings. The zero-order chi connectivity index (χ0) is 20.7. The molecule has 8 heteroatoms. The minimum Gasteiger partial charge on any atom is -0.393 e. The predicted octanol–water partition coefficient (Wildman–Crippen LogP) is 3.94. The number of nitrogen functional groups attached to an aromatic ring is 1. The van der Waals surface area contributed by atoms with Gasteiger partial charge in [-0.25, -0.2) is 9.97 Å². The van der Waals surface area contributed by atoms with E-state index in [0.29, 0.717) is 5.92 Å². The van der Waals surface area contributed by atoms with Crippen LogP contribution in [0.4, 0.5) is 11.8 Å². The van der Waals surface area contributed by atoms with E-state index < -0.39 is 0 Å². The van der Waals surface area contributed by atoms with Gasteiger partial charge in [0.05, 0.1) is 27.8 Å². The van der Waals surface area contributed by atoms with E-state index in [0.717, 1.165) is 57.3 Å². The maximum atomic E-state index is 10.4. The number of thiazole rings is 1. The normalized spacial score (nSPS) is 20.5. The minimum absolute atomic E-state index is 0.249. The molecule has 3 unspecified atom stereocenters. The first-order valence-electron chi connectivity index (χ1n) is 10.1. The maximum Gasteiger partial charge on any atom is 0.222 e. The average molecular weight is 413 g/mol. The van der Waals surface area contributed by atoms with Crippen LogP contribution in [0.15, 0.2) is 12.3 Å². The second-order valence-corrected chi connectivity index (χ2v) is 9.33. The summed E-state index contributed by atoms with van der Waals surface area (Å²) in [4.78, 5) is 18.1. The van der Waals surface area contributed by atoms with Gasteiger partial charge in [-0.05, 0) is 51.0 Å². The number of anilines is 2. The lowest BCUT2D eigenvalue weighted by Crippen LogP contribution is -2.26. The SMILES string of the molecule is Cc1nc(N)nc(NC2CCC(C(O)C(C)C)C2)c1-c1nc2c(C)nccc2s1. The van der Waals surface area contributed by atoms with Gasteiger partial charge in [0, 0.05) is 12.2 Å². The maximum absolute atomic E-state index is 10.4. The number of rotatable bonds is 5. The van der Waals surface area contributed by atoms with E-state index in [2.05, 4.69) is 34.1 Å². The van der Waals surface area contributed by atoms with Crippen LogP contribution in [0.3, 0.4) is 0 Å². The first kappa shape index (κ1) is 20.0. The lowest BCUT2D eigenvalue weighted by Gasteiger charge is -2.22. The molecule has 4 N–H and O–H groups in total. The molecule has 0 aromatic carbocycles. The molecule has 1 saturated carbocycles. The Hall–Kier alpha value is -2.32. The Bertz CT molecular complexity index is 1030. The van der Waals surface area contributed by atoms with Crippen LogP contribution in [0.5, 0.6) is 0 Å². The zero-order valence-corrected chi connectivity index (χ0v) is 18.1. The molecule has 3 heterocycles. The largest absolute Gasteiger partial charge is 0.393 e. The first-order chi connectivity index (χ1) is 13.8. The van der Waals surface area contributed by atoms with Crippen molar-refractivity contribution in [2.24, 2.45) is 11.8 Å². The average Bonchev–Trinajstić information content (AvgIpc) is 3.28. The third-order valence-corrected chi connectivity index (χ3v) is 6.83. The molecule has 0 saturated heterocycles. The zero-order valence-electron chi connectivity index (χ0n) is 17.3. The number of pyridine rings is 1. The summed E-state index contributed by atoms with van der Waals surface area (Å²) in [6, 6.07) is 2.23. The molecule has 7 nitrogen and oxygen atoms in total. The van der Waals surface area contributed by atoms with Crippen LogP contribution in [-0.4, -0.2) is 37.2 Å². The summed E-state index contributed by atoms with van der Waals surface area (Å²) < 4.78 is 1.09. The topological polar surface area (TPSA) is 110 Å². The molecule has 3 aromatic rings. The number of nitrogens with one attached hydrogen (secondary N) is 1. The summed E-state index contributed by atoms with van der Waals surface area (Å²) in [5, 5.41) is 14.9. The van der Waals surface area contributed by atoms with Gasteiger partial charge in [0.1, 0.15) is 16.3 Å². The van der Waals surface area contributed by atoms with E-state index in [4.69, 9.17) is 10.7 Å². The molecule has 0 bridgehead atoms. The minimum atomic E-state index is -0.266. The monoisotopic (exact) mass is 412 g/mol. The first-order valence-corrected chi connectivity index (χ1v) is 11.0. The van der Waals surface area contributed by atoms with Gasteiger partial charge in [0.15, 0.2) is 0 Å². The number of nitrogens with two attached hydrogens (primary N) is 1. The lowest BCUT2D eigenvalue weighted by molar-refractivity contribution is 0.0669. The summed E-state index contributed by atoms with van der Waals surface area (Å²) in [6.07, 6.45) is 4.48. The molecule has 0 radical (unpaired) electrons. The number of nitrogens with zero attached hydrogens (tertiary/aromatic N) is 4. The Kier molecular flexibility index (Phi) is 5.40. The van der Waals surface area contributed by atoms with Crippen LogP contribution in [0.1, 0.15) is 44.5 Å². The highest BCUT2D eigenvalue weighted by Crippen LogP contribution is 2.38. The van der Waals surface area contributed by atoms with Gasteiger partial charge in [-0.15, -0.1) is 11.3 Å². The molecule has 1 aliphatic carbocycles. The van der Waals surface area contributed by atoms with E-state index in [1.54, 1.807) is 11.3 Å². The molecule has 0 amide bonds. The van der Waals surface area contributed by atoms with E-state index in [-0.39, 0.29) is 24.0 Å². The van der Waals surface area contributed by atoms with Gasteiger partial charge >= 0.3 is 0 Å². The van der Waals surface area contributed by atoms with Crippen molar-refractivity contribution in [3.05, 3.63) is 23.7 Å². The summed E-state index contributed by atoms with van der Waals surface area (Å²) in [6.45, 7) is 8.05. The second kappa shape index (κ2) is 7.84. The van der Waals surface area contributed by atoms with Gasteiger partial charge in [-0.1, -0.05) is 13.8 Å². The number of aryl methyl sites for hydroxylation is 2.